The fourth-order valence-corrected chi connectivity index (χ4v) is 0.856. The van der Waals surface area contributed by atoms with Crippen LogP contribution in [-0.2, 0) is 4.79 Å². The summed E-state index contributed by atoms with van der Waals surface area (Å²) in [6, 6.07) is 7.58. The first-order valence-electron chi connectivity index (χ1n) is 5.65. The average Bonchev–Trinajstić information content (AvgIpc) is 2.38. The summed E-state index contributed by atoms with van der Waals surface area (Å²) in [5.74, 6) is 0.592. The summed E-state index contributed by atoms with van der Waals surface area (Å²) < 4.78 is 5.20. The molecule has 0 radical (unpaired) electrons. The lowest BCUT2D eigenvalue weighted by molar-refractivity contribution is -0.122. The highest BCUT2D eigenvalue weighted by Crippen LogP contribution is 2.10. The number of rotatable bonds is 4. The number of nitrogens with one attached hydrogen (secondary N) is 1. The fourth-order valence-electron chi connectivity index (χ4n) is 0.856. The van der Waals surface area contributed by atoms with Gasteiger partial charge in [-0.15, -0.1) is 6.58 Å². The van der Waals surface area contributed by atoms with E-state index in [0.29, 0.717) is 5.75 Å². The molecular formula is C14H21NO2. The van der Waals surface area contributed by atoms with Crippen molar-refractivity contribution in [2.75, 3.05) is 13.7 Å². The van der Waals surface area contributed by atoms with E-state index in [2.05, 4.69) is 18.8 Å². The molecule has 1 amide bonds. The number of amides is 1. The van der Waals surface area contributed by atoms with Crippen molar-refractivity contribution in [3.63, 3.8) is 0 Å². The quantitative estimate of drug-likeness (QED) is 0.815. The van der Waals surface area contributed by atoms with Gasteiger partial charge < -0.3 is 10.1 Å². The number of hydrogen-bond donors (Lipinski definition) is 1. The Balaban J connectivity index is 0.000000557. The van der Waals surface area contributed by atoms with Crippen LogP contribution in [0.5, 0.6) is 5.75 Å². The molecular weight excluding hydrogens is 214 g/mol. The second-order valence-electron chi connectivity index (χ2n) is 3.47. The summed E-state index contributed by atoms with van der Waals surface area (Å²) in [7, 11) is 1.58. The van der Waals surface area contributed by atoms with Crippen LogP contribution >= 0.6 is 0 Å². The molecule has 0 bridgehead atoms. The predicted octanol–water partition coefficient (Wildman–Crippen LogP) is 2.70. The average molecular weight is 235 g/mol. The first-order valence-corrected chi connectivity index (χ1v) is 5.65. The highest BCUT2D eigenvalue weighted by atomic mass is 16.5. The summed E-state index contributed by atoms with van der Waals surface area (Å²) in [6.07, 6.45) is 2.96. The topological polar surface area (TPSA) is 38.3 Å². The van der Waals surface area contributed by atoms with Gasteiger partial charge in [-0.3, -0.25) is 4.79 Å². The van der Waals surface area contributed by atoms with Crippen LogP contribution in [0.2, 0.25) is 0 Å². The minimum atomic E-state index is -0.124. The van der Waals surface area contributed by atoms with Crippen molar-refractivity contribution in [3.05, 3.63) is 42.5 Å². The van der Waals surface area contributed by atoms with Crippen molar-refractivity contribution >= 4 is 5.91 Å². The molecule has 94 valence electrons. The molecule has 3 nitrogen and oxygen atoms in total. The van der Waals surface area contributed by atoms with Gasteiger partial charge in [0, 0.05) is 7.05 Å². The Morgan fingerprint density at radius 3 is 2.35 bits per heavy atom. The smallest absolute Gasteiger partial charge is 0.257 e. The van der Waals surface area contributed by atoms with E-state index in [0.717, 1.165) is 6.42 Å². The van der Waals surface area contributed by atoms with Crippen molar-refractivity contribution in [2.45, 2.75) is 20.3 Å². The maximum Gasteiger partial charge on any atom is 0.257 e. The van der Waals surface area contributed by atoms with Gasteiger partial charge in [-0.05, 0) is 25.5 Å². The maximum atomic E-state index is 10.8. The van der Waals surface area contributed by atoms with Gasteiger partial charge in [-0.25, -0.2) is 0 Å². The number of carbonyl (C=O) groups excluding carboxylic acids is 1. The van der Waals surface area contributed by atoms with Gasteiger partial charge in [-0.2, -0.15) is 0 Å². The van der Waals surface area contributed by atoms with Gasteiger partial charge in [0.05, 0.1) is 0 Å². The van der Waals surface area contributed by atoms with Crippen LogP contribution < -0.4 is 10.1 Å². The van der Waals surface area contributed by atoms with Gasteiger partial charge in [0.1, 0.15) is 5.75 Å². The first kappa shape index (κ1) is 15.2. The number of carbonyl (C=O) groups is 1. The van der Waals surface area contributed by atoms with Crippen LogP contribution in [0.3, 0.4) is 0 Å². The van der Waals surface area contributed by atoms with E-state index in [4.69, 9.17) is 4.74 Å². The normalized spacial score (nSPS) is 8.65. The Labute approximate surface area is 103 Å². The van der Waals surface area contributed by atoms with E-state index in [9.17, 15) is 4.79 Å². The largest absolute Gasteiger partial charge is 0.484 e. The molecule has 1 aromatic carbocycles. The summed E-state index contributed by atoms with van der Waals surface area (Å²) in [4.78, 5) is 10.8. The summed E-state index contributed by atoms with van der Waals surface area (Å²) in [5, 5.41) is 2.48. The molecule has 0 saturated heterocycles. The summed E-state index contributed by atoms with van der Waals surface area (Å²) in [6.45, 7) is 7.61. The predicted molar refractivity (Wildman–Crippen MR) is 71.2 cm³/mol. The van der Waals surface area contributed by atoms with Crippen molar-refractivity contribution in [3.8, 4) is 5.75 Å². The van der Waals surface area contributed by atoms with Crippen LogP contribution in [0.1, 0.15) is 18.9 Å². The third kappa shape index (κ3) is 8.08. The Hall–Kier alpha value is -1.77. The number of hydrogen-bond acceptors (Lipinski definition) is 2. The number of allylic oxidation sites excluding steroid dienone is 1. The van der Waals surface area contributed by atoms with Crippen LogP contribution in [0.15, 0.2) is 36.9 Å². The molecule has 0 heterocycles. The minimum absolute atomic E-state index is 0.0690. The molecule has 0 aliphatic rings. The molecule has 3 heteroatoms. The lowest BCUT2D eigenvalue weighted by Crippen LogP contribution is -2.24. The van der Waals surface area contributed by atoms with E-state index >= 15 is 0 Å². The van der Waals surface area contributed by atoms with E-state index in [-0.39, 0.29) is 12.5 Å². The van der Waals surface area contributed by atoms with E-state index in [1.54, 1.807) is 7.05 Å². The molecule has 1 rings (SSSR count). The molecule has 0 spiro atoms. The molecule has 1 N–H and O–H groups in total. The molecule has 0 atom stereocenters. The van der Waals surface area contributed by atoms with Crippen LogP contribution in [0.25, 0.3) is 0 Å². The van der Waals surface area contributed by atoms with E-state index in [1.807, 2.05) is 37.3 Å². The van der Waals surface area contributed by atoms with Crippen molar-refractivity contribution in [2.24, 2.45) is 0 Å². The lowest BCUT2D eigenvalue weighted by Gasteiger charge is -2.04. The summed E-state index contributed by atoms with van der Waals surface area (Å²) >= 11 is 0. The Kier molecular flexibility index (Phi) is 8.47. The highest BCUT2D eigenvalue weighted by molar-refractivity contribution is 5.77. The van der Waals surface area contributed by atoms with Crippen LogP contribution in [0, 0.1) is 6.92 Å². The zero-order valence-electron chi connectivity index (χ0n) is 10.8. The van der Waals surface area contributed by atoms with Gasteiger partial charge in [-0.1, -0.05) is 30.7 Å². The molecule has 0 aliphatic carbocycles. The fraction of sp³-hybridized carbons (Fsp3) is 0.357. The number of benzene rings is 1. The first-order chi connectivity index (χ1) is 8.13. The minimum Gasteiger partial charge on any atom is -0.484 e. The molecule has 0 unspecified atom stereocenters. The van der Waals surface area contributed by atoms with Crippen LogP contribution in [0.4, 0.5) is 0 Å². The molecule has 0 aromatic heterocycles. The second kappa shape index (κ2) is 9.46. The van der Waals surface area contributed by atoms with Crippen LogP contribution in [-0.4, -0.2) is 19.6 Å². The Bertz CT molecular complexity index is 331. The highest BCUT2D eigenvalue weighted by Gasteiger charge is 1.98. The monoisotopic (exact) mass is 235 g/mol. The van der Waals surface area contributed by atoms with Crippen molar-refractivity contribution in [1.29, 1.82) is 0 Å². The second-order valence-corrected chi connectivity index (χ2v) is 3.47. The Morgan fingerprint density at radius 2 is 1.94 bits per heavy atom. The Morgan fingerprint density at radius 1 is 1.41 bits per heavy atom. The number of aryl methyl sites for hydroxylation is 1. The van der Waals surface area contributed by atoms with Gasteiger partial charge >= 0.3 is 0 Å². The van der Waals surface area contributed by atoms with E-state index in [1.165, 1.54) is 5.56 Å². The molecule has 17 heavy (non-hydrogen) atoms. The lowest BCUT2D eigenvalue weighted by atomic mass is 10.2. The van der Waals surface area contributed by atoms with Gasteiger partial charge in [0.2, 0.25) is 0 Å². The van der Waals surface area contributed by atoms with Crippen molar-refractivity contribution < 1.29 is 9.53 Å². The molecule has 0 saturated carbocycles. The molecule has 1 aromatic rings. The van der Waals surface area contributed by atoms with Gasteiger partial charge in [0.15, 0.2) is 6.61 Å². The van der Waals surface area contributed by atoms with Gasteiger partial charge in [0.25, 0.3) is 5.91 Å². The summed E-state index contributed by atoms with van der Waals surface area (Å²) in [5.41, 5.74) is 1.17. The molecule has 0 fully saturated rings. The number of likely N-dealkylation sites (N-methyl/N-ethyl adjacent to an activating group) is 1. The maximum absolute atomic E-state index is 10.8. The zero-order valence-corrected chi connectivity index (χ0v) is 10.8. The number of ether oxygens (including phenoxy) is 1. The third-order valence-corrected chi connectivity index (χ3v) is 1.96. The van der Waals surface area contributed by atoms with Crippen molar-refractivity contribution in [1.82, 2.24) is 5.32 Å². The van der Waals surface area contributed by atoms with E-state index < -0.39 is 0 Å². The SMILES string of the molecule is C=CCC.CNC(=O)COc1ccc(C)cc1. The standard InChI is InChI=1S/C10H13NO2.C4H8/c1-8-3-5-9(6-4-8)13-7-10(12)11-2;1-3-4-2/h3-6H,7H2,1-2H3,(H,11,12);3H,1,4H2,2H3. The zero-order chi connectivity index (χ0) is 13.1. The molecule has 0 aliphatic heterocycles. The third-order valence-electron chi connectivity index (χ3n) is 1.96.